The molecule has 5 aromatic rings. The Labute approximate surface area is 205 Å². The number of H-pyrrole nitrogens is 1. The Morgan fingerprint density at radius 1 is 1.06 bits per heavy atom. The summed E-state index contributed by atoms with van der Waals surface area (Å²) in [6, 6.07) is 16.7. The summed E-state index contributed by atoms with van der Waals surface area (Å²) in [7, 11) is 3.15. The average Bonchev–Trinajstić information content (AvgIpc) is 3.53. The number of carbonyl (C=O) groups excluding carboxylic acids is 1. The normalized spacial score (nSPS) is 13.1. The molecule has 2 N–H and O–H groups in total. The van der Waals surface area contributed by atoms with Crippen LogP contribution in [-0.4, -0.2) is 45.4 Å². The molecule has 10 nitrogen and oxygen atoms in total. The molecule has 0 saturated heterocycles. The number of methoxy groups -OCH3 is 2. The molecule has 2 aromatic carbocycles. The molecule has 0 atom stereocenters. The van der Waals surface area contributed by atoms with E-state index in [4.69, 9.17) is 14.0 Å². The van der Waals surface area contributed by atoms with Crippen molar-refractivity contribution in [3.05, 3.63) is 65.9 Å². The Hall–Kier alpha value is -4.73. The molecule has 0 aliphatic heterocycles. The molecule has 1 fully saturated rings. The highest BCUT2D eigenvalue weighted by Crippen LogP contribution is 2.41. The molecule has 0 spiro atoms. The summed E-state index contributed by atoms with van der Waals surface area (Å²) in [6.07, 6.45) is 2.07. The van der Waals surface area contributed by atoms with Crippen molar-refractivity contribution in [3.8, 4) is 34.1 Å². The van der Waals surface area contributed by atoms with E-state index in [9.17, 15) is 4.79 Å². The number of pyridine rings is 1. The molecular weight excluding hydrogens is 460 g/mol. The minimum Gasteiger partial charge on any atom is -0.497 e. The number of fused-ring (bicyclic) bond motifs is 1. The predicted molar refractivity (Wildman–Crippen MR) is 132 cm³/mol. The Morgan fingerprint density at radius 2 is 1.89 bits per heavy atom. The van der Waals surface area contributed by atoms with Crippen molar-refractivity contribution in [1.82, 2.24) is 25.3 Å². The molecule has 6 rings (SSSR count). The molecule has 0 unspecified atom stereocenters. The molecule has 1 aliphatic carbocycles. The van der Waals surface area contributed by atoms with Crippen molar-refractivity contribution in [2.45, 2.75) is 18.8 Å². The first-order valence-corrected chi connectivity index (χ1v) is 11.5. The second kappa shape index (κ2) is 8.81. The number of amides is 1. The van der Waals surface area contributed by atoms with Gasteiger partial charge in [0.25, 0.3) is 11.6 Å². The first-order chi connectivity index (χ1) is 17.6. The van der Waals surface area contributed by atoms with Crippen LogP contribution < -0.4 is 14.8 Å². The highest BCUT2D eigenvalue weighted by Gasteiger charge is 2.29. The Balaban J connectivity index is 1.36. The van der Waals surface area contributed by atoms with Gasteiger partial charge in [-0.1, -0.05) is 35.5 Å². The van der Waals surface area contributed by atoms with Crippen molar-refractivity contribution in [3.63, 3.8) is 0 Å². The second-order valence-corrected chi connectivity index (χ2v) is 8.47. The van der Waals surface area contributed by atoms with Crippen LogP contribution in [0.5, 0.6) is 11.5 Å². The fourth-order valence-corrected chi connectivity index (χ4v) is 4.13. The van der Waals surface area contributed by atoms with Gasteiger partial charge in [-0.25, -0.2) is 4.98 Å². The lowest BCUT2D eigenvalue weighted by Crippen LogP contribution is -2.14. The lowest BCUT2D eigenvalue weighted by atomic mass is 10.0. The minimum atomic E-state index is -0.378. The number of ether oxygens (including phenoxy) is 2. The van der Waals surface area contributed by atoms with Crippen molar-refractivity contribution in [1.29, 1.82) is 0 Å². The molecule has 1 amide bonds. The summed E-state index contributed by atoms with van der Waals surface area (Å²) >= 11 is 0. The molecule has 0 radical (unpaired) electrons. The number of aromatic nitrogens is 5. The van der Waals surface area contributed by atoms with E-state index < -0.39 is 0 Å². The van der Waals surface area contributed by atoms with Gasteiger partial charge >= 0.3 is 0 Å². The summed E-state index contributed by atoms with van der Waals surface area (Å²) < 4.78 is 16.3. The number of nitrogens with zero attached hydrogens (tertiary/aromatic N) is 4. The van der Waals surface area contributed by atoms with E-state index in [1.54, 1.807) is 32.4 Å². The van der Waals surface area contributed by atoms with E-state index >= 15 is 0 Å². The summed E-state index contributed by atoms with van der Waals surface area (Å²) in [5.41, 5.74) is 3.64. The first-order valence-electron chi connectivity index (χ1n) is 11.5. The van der Waals surface area contributed by atoms with Gasteiger partial charge in [0.05, 0.1) is 30.7 Å². The van der Waals surface area contributed by atoms with Gasteiger partial charge in [-0.3, -0.25) is 15.2 Å². The summed E-state index contributed by atoms with van der Waals surface area (Å²) in [5.74, 6) is 1.73. The molecule has 3 aromatic heterocycles. The third kappa shape index (κ3) is 3.92. The number of nitrogens with one attached hydrogen (secondary N) is 2. The number of anilines is 1. The monoisotopic (exact) mass is 482 g/mol. The maximum atomic E-state index is 13.5. The molecule has 180 valence electrons. The standard InChI is InChI=1S/C26H22N6O4/c1-34-16-10-11-17(20(12-16)35-2)23-28-26(31-30-23)29-24(33)18-13-19(14-8-9-14)27-25-21(18)22(32-36-25)15-6-4-3-5-7-15/h3-7,10-14H,8-9H2,1-2H3,(H2,28,29,30,31,33). The fourth-order valence-electron chi connectivity index (χ4n) is 4.13. The third-order valence-corrected chi connectivity index (χ3v) is 6.13. The van der Waals surface area contributed by atoms with Crippen LogP contribution >= 0.6 is 0 Å². The van der Waals surface area contributed by atoms with Gasteiger partial charge in [0.1, 0.15) is 17.2 Å². The van der Waals surface area contributed by atoms with Crippen LogP contribution in [0.2, 0.25) is 0 Å². The maximum absolute atomic E-state index is 13.5. The number of hydrogen-bond donors (Lipinski definition) is 2. The van der Waals surface area contributed by atoms with E-state index in [1.165, 1.54) is 0 Å². The zero-order chi connectivity index (χ0) is 24.6. The minimum absolute atomic E-state index is 0.128. The Morgan fingerprint density at radius 3 is 2.64 bits per heavy atom. The van der Waals surface area contributed by atoms with Gasteiger partial charge in [-0.05, 0) is 31.0 Å². The van der Waals surface area contributed by atoms with Crippen molar-refractivity contribution >= 4 is 23.0 Å². The first kappa shape index (κ1) is 21.8. The van der Waals surface area contributed by atoms with E-state index in [0.717, 1.165) is 24.1 Å². The maximum Gasteiger partial charge on any atom is 0.259 e. The zero-order valence-corrected chi connectivity index (χ0v) is 19.6. The van der Waals surface area contributed by atoms with Gasteiger partial charge in [-0.2, -0.15) is 4.98 Å². The summed E-state index contributed by atoms with van der Waals surface area (Å²) in [6.45, 7) is 0. The Bertz CT molecular complexity index is 1570. The van der Waals surface area contributed by atoms with Crippen molar-refractivity contribution in [2.24, 2.45) is 0 Å². The highest BCUT2D eigenvalue weighted by molar-refractivity contribution is 6.14. The van der Waals surface area contributed by atoms with E-state index in [0.29, 0.717) is 51.2 Å². The van der Waals surface area contributed by atoms with Crippen molar-refractivity contribution in [2.75, 3.05) is 19.5 Å². The molecule has 3 heterocycles. The second-order valence-electron chi connectivity index (χ2n) is 8.47. The molecule has 36 heavy (non-hydrogen) atoms. The van der Waals surface area contributed by atoms with E-state index in [-0.39, 0.29) is 11.9 Å². The zero-order valence-electron chi connectivity index (χ0n) is 19.6. The van der Waals surface area contributed by atoms with E-state index in [1.807, 2.05) is 36.4 Å². The number of benzene rings is 2. The lowest BCUT2D eigenvalue weighted by Gasteiger charge is -2.08. The molecular formula is C26H22N6O4. The van der Waals surface area contributed by atoms with Gasteiger partial charge < -0.3 is 14.0 Å². The largest absolute Gasteiger partial charge is 0.497 e. The van der Waals surface area contributed by atoms with Gasteiger partial charge in [0.2, 0.25) is 5.95 Å². The molecule has 1 saturated carbocycles. The highest BCUT2D eigenvalue weighted by atomic mass is 16.5. The third-order valence-electron chi connectivity index (χ3n) is 6.13. The van der Waals surface area contributed by atoms with Crippen LogP contribution in [-0.2, 0) is 0 Å². The number of carbonyl (C=O) groups is 1. The lowest BCUT2D eigenvalue weighted by molar-refractivity contribution is 0.102. The van der Waals surface area contributed by atoms with E-state index in [2.05, 4.69) is 30.6 Å². The van der Waals surface area contributed by atoms with Gasteiger partial charge in [0.15, 0.2) is 5.82 Å². The van der Waals surface area contributed by atoms with Crippen molar-refractivity contribution < 1.29 is 18.8 Å². The quantitative estimate of drug-likeness (QED) is 0.338. The summed E-state index contributed by atoms with van der Waals surface area (Å²) in [4.78, 5) is 22.6. The van der Waals surface area contributed by atoms with Gasteiger partial charge in [-0.15, -0.1) is 5.10 Å². The number of rotatable bonds is 7. The van der Waals surface area contributed by atoms with Crippen LogP contribution in [0, 0.1) is 0 Å². The number of aromatic amines is 1. The predicted octanol–water partition coefficient (Wildman–Crippen LogP) is 4.82. The fraction of sp³-hybridized carbons (Fsp3) is 0.192. The molecule has 1 aliphatic rings. The van der Waals surface area contributed by atoms with Crippen LogP contribution in [0.25, 0.3) is 33.7 Å². The van der Waals surface area contributed by atoms with Crippen LogP contribution in [0.15, 0.2) is 59.1 Å². The Kier molecular flexibility index (Phi) is 5.33. The van der Waals surface area contributed by atoms with Crippen LogP contribution in [0.1, 0.15) is 34.8 Å². The van der Waals surface area contributed by atoms with Crippen LogP contribution in [0.4, 0.5) is 5.95 Å². The topological polar surface area (TPSA) is 128 Å². The van der Waals surface area contributed by atoms with Crippen LogP contribution in [0.3, 0.4) is 0 Å². The molecule has 0 bridgehead atoms. The number of hydrogen-bond acceptors (Lipinski definition) is 8. The SMILES string of the molecule is COc1ccc(-c2nc(NC(=O)c3cc(C4CC4)nc4onc(-c5ccccc5)c34)n[nH]2)c(OC)c1. The summed E-state index contributed by atoms with van der Waals surface area (Å²) in [5, 5.41) is 14.6. The smallest absolute Gasteiger partial charge is 0.259 e. The van der Waals surface area contributed by atoms with Gasteiger partial charge in [0, 0.05) is 23.2 Å². The average molecular weight is 483 g/mol. The molecule has 10 heteroatoms.